The molecule has 0 bridgehead atoms. The van der Waals surface area contributed by atoms with Gasteiger partial charge in [-0.1, -0.05) is 45.0 Å². The number of pyridine rings is 1. The number of rotatable bonds is 3. The summed E-state index contributed by atoms with van der Waals surface area (Å²) in [6, 6.07) is 11.5. The molecule has 0 aliphatic rings. The van der Waals surface area contributed by atoms with Crippen LogP contribution in [0.4, 0.5) is 4.39 Å². The van der Waals surface area contributed by atoms with Crippen molar-refractivity contribution in [2.24, 2.45) is 5.92 Å². The Bertz CT molecular complexity index is 500. The topological polar surface area (TPSA) is 12.9 Å². The Hall–Kier alpha value is -1.70. The molecule has 1 nitrogen and oxygen atoms in total. The van der Waals surface area contributed by atoms with Gasteiger partial charge in [0.15, 0.2) is 0 Å². The molecule has 2 aromatic rings. The normalized spacial score (nSPS) is 12.7. The molecular formula is C16H18FN. The summed E-state index contributed by atoms with van der Waals surface area (Å²) in [4.78, 5) is 4.08. The fraction of sp³-hybridized carbons (Fsp3) is 0.312. The lowest BCUT2D eigenvalue weighted by Gasteiger charge is -2.16. The van der Waals surface area contributed by atoms with E-state index < -0.39 is 0 Å². The molecule has 0 saturated heterocycles. The fourth-order valence-corrected chi connectivity index (χ4v) is 1.89. The number of benzene rings is 1. The minimum Gasteiger partial charge on any atom is -0.253 e. The summed E-state index contributed by atoms with van der Waals surface area (Å²) in [6.07, 6.45) is 1.25. The van der Waals surface area contributed by atoms with Gasteiger partial charge in [-0.2, -0.15) is 0 Å². The third-order valence-corrected chi connectivity index (χ3v) is 3.46. The highest BCUT2D eigenvalue weighted by atomic mass is 19.1. The largest absolute Gasteiger partial charge is 0.253 e. The predicted octanol–water partition coefficient (Wildman–Crippen LogP) is 4.65. The lowest BCUT2D eigenvalue weighted by Crippen LogP contribution is -2.01. The highest BCUT2D eigenvalue weighted by Crippen LogP contribution is 2.26. The third kappa shape index (κ3) is 2.76. The molecule has 2 rings (SSSR count). The number of hydrogen-bond donors (Lipinski definition) is 0. The maximum atomic E-state index is 12.8. The summed E-state index contributed by atoms with van der Waals surface area (Å²) in [5, 5.41) is 0. The first-order valence-corrected chi connectivity index (χ1v) is 6.30. The summed E-state index contributed by atoms with van der Waals surface area (Å²) in [6.45, 7) is 6.68. The van der Waals surface area contributed by atoms with Crippen molar-refractivity contribution in [2.75, 3.05) is 0 Å². The monoisotopic (exact) mass is 243 g/mol. The van der Waals surface area contributed by atoms with Crippen molar-refractivity contribution in [2.45, 2.75) is 26.7 Å². The smallest absolute Gasteiger partial charge is 0.141 e. The van der Waals surface area contributed by atoms with E-state index in [9.17, 15) is 4.39 Å². The van der Waals surface area contributed by atoms with Gasteiger partial charge in [-0.15, -0.1) is 0 Å². The Morgan fingerprint density at radius 2 is 1.61 bits per heavy atom. The van der Waals surface area contributed by atoms with E-state index in [4.69, 9.17) is 0 Å². The van der Waals surface area contributed by atoms with E-state index >= 15 is 0 Å². The van der Waals surface area contributed by atoms with Gasteiger partial charge in [-0.25, -0.2) is 4.39 Å². The molecule has 2 heteroatoms. The molecule has 0 aliphatic carbocycles. The van der Waals surface area contributed by atoms with Crippen LogP contribution in [0.15, 0.2) is 42.6 Å². The van der Waals surface area contributed by atoms with Gasteiger partial charge in [-0.05, 0) is 29.5 Å². The van der Waals surface area contributed by atoms with Crippen molar-refractivity contribution in [3.8, 4) is 11.3 Å². The second kappa shape index (κ2) is 5.30. The predicted molar refractivity (Wildman–Crippen MR) is 72.9 cm³/mol. The average Bonchev–Trinajstić information content (AvgIpc) is 2.39. The Morgan fingerprint density at radius 3 is 2.11 bits per heavy atom. The van der Waals surface area contributed by atoms with Crippen molar-refractivity contribution in [1.82, 2.24) is 4.98 Å². The molecule has 0 N–H and O–H groups in total. The summed E-state index contributed by atoms with van der Waals surface area (Å²) < 4.78 is 12.8. The second-order valence-electron chi connectivity index (χ2n) is 5.02. The molecular weight excluding hydrogens is 225 g/mol. The summed E-state index contributed by atoms with van der Waals surface area (Å²) in [7, 11) is 0. The average molecular weight is 243 g/mol. The first-order chi connectivity index (χ1) is 8.58. The Balaban J connectivity index is 2.24. The molecule has 0 spiro atoms. The molecule has 1 heterocycles. The number of hydrogen-bond acceptors (Lipinski definition) is 1. The van der Waals surface area contributed by atoms with Crippen molar-refractivity contribution in [1.29, 1.82) is 0 Å². The Labute approximate surface area is 108 Å². The van der Waals surface area contributed by atoms with Crippen molar-refractivity contribution in [3.63, 3.8) is 0 Å². The van der Waals surface area contributed by atoms with Crippen molar-refractivity contribution < 1.29 is 4.39 Å². The van der Waals surface area contributed by atoms with Gasteiger partial charge in [0.25, 0.3) is 0 Å². The van der Waals surface area contributed by atoms with E-state index in [1.165, 1.54) is 17.8 Å². The number of halogens is 1. The maximum absolute atomic E-state index is 12.8. The van der Waals surface area contributed by atoms with E-state index in [1.807, 2.05) is 0 Å². The van der Waals surface area contributed by atoms with Crippen LogP contribution in [0.5, 0.6) is 0 Å². The highest BCUT2D eigenvalue weighted by molar-refractivity contribution is 5.59. The van der Waals surface area contributed by atoms with Crippen LogP contribution in [0.1, 0.15) is 32.3 Å². The van der Waals surface area contributed by atoms with E-state index in [0.29, 0.717) is 11.8 Å². The van der Waals surface area contributed by atoms with Gasteiger partial charge in [0, 0.05) is 5.56 Å². The van der Waals surface area contributed by atoms with Gasteiger partial charge in [0.05, 0.1) is 11.9 Å². The van der Waals surface area contributed by atoms with E-state index in [-0.39, 0.29) is 5.82 Å². The van der Waals surface area contributed by atoms with Crippen LogP contribution >= 0.6 is 0 Å². The van der Waals surface area contributed by atoms with Gasteiger partial charge >= 0.3 is 0 Å². The van der Waals surface area contributed by atoms with Crippen LogP contribution < -0.4 is 0 Å². The van der Waals surface area contributed by atoms with Crippen LogP contribution in [0.2, 0.25) is 0 Å². The first-order valence-electron chi connectivity index (χ1n) is 6.30. The fourth-order valence-electron chi connectivity index (χ4n) is 1.89. The Kier molecular flexibility index (Phi) is 3.75. The van der Waals surface area contributed by atoms with Gasteiger partial charge < -0.3 is 0 Å². The van der Waals surface area contributed by atoms with Gasteiger partial charge in [0.1, 0.15) is 5.82 Å². The zero-order valence-corrected chi connectivity index (χ0v) is 11.0. The van der Waals surface area contributed by atoms with Gasteiger partial charge in [0.2, 0.25) is 0 Å². The van der Waals surface area contributed by atoms with Gasteiger partial charge in [-0.3, -0.25) is 4.98 Å². The number of aromatic nitrogens is 1. The SMILES string of the molecule is CC(C)C(C)c1ccc(-c2ccc(F)cn2)cc1. The van der Waals surface area contributed by atoms with Crippen LogP contribution in [-0.4, -0.2) is 4.98 Å². The quantitative estimate of drug-likeness (QED) is 0.764. The molecule has 0 aliphatic heterocycles. The lowest BCUT2D eigenvalue weighted by molar-refractivity contribution is 0.535. The minimum absolute atomic E-state index is 0.302. The van der Waals surface area contributed by atoms with E-state index in [1.54, 1.807) is 6.07 Å². The molecule has 1 atom stereocenters. The molecule has 0 saturated carbocycles. The molecule has 0 amide bonds. The summed E-state index contributed by atoms with van der Waals surface area (Å²) >= 11 is 0. The zero-order chi connectivity index (χ0) is 13.1. The lowest BCUT2D eigenvalue weighted by atomic mass is 9.90. The minimum atomic E-state index is -0.302. The highest BCUT2D eigenvalue weighted by Gasteiger charge is 2.09. The Morgan fingerprint density at radius 1 is 0.944 bits per heavy atom. The third-order valence-electron chi connectivity index (χ3n) is 3.46. The molecule has 0 fully saturated rings. The number of nitrogens with zero attached hydrogens (tertiary/aromatic N) is 1. The zero-order valence-electron chi connectivity index (χ0n) is 11.0. The van der Waals surface area contributed by atoms with E-state index in [0.717, 1.165) is 11.3 Å². The molecule has 1 aromatic carbocycles. The van der Waals surface area contributed by atoms with Crippen LogP contribution in [0.3, 0.4) is 0 Å². The second-order valence-corrected chi connectivity index (χ2v) is 5.02. The molecule has 1 unspecified atom stereocenters. The first kappa shape index (κ1) is 12.7. The van der Waals surface area contributed by atoms with Crippen LogP contribution in [0.25, 0.3) is 11.3 Å². The molecule has 18 heavy (non-hydrogen) atoms. The van der Waals surface area contributed by atoms with Crippen LogP contribution in [0, 0.1) is 11.7 Å². The maximum Gasteiger partial charge on any atom is 0.141 e. The van der Waals surface area contributed by atoms with Crippen molar-refractivity contribution in [3.05, 3.63) is 54.0 Å². The summed E-state index contributed by atoms with van der Waals surface area (Å²) in [5.41, 5.74) is 3.16. The summed E-state index contributed by atoms with van der Waals surface area (Å²) in [5.74, 6) is 0.865. The van der Waals surface area contributed by atoms with Crippen LogP contribution in [-0.2, 0) is 0 Å². The molecule has 0 radical (unpaired) electrons. The van der Waals surface area contributed by atoms with Crippen molar-refractivity contribution >= 4 is 0 Å². The van der Waals surface area contributed by atoms with E-state index in [2.05, 4.69) is 50.0 Å². The standard InChI is InChI=1S/C16H18FN/c1-11(2)12(3)13-4-6-14(7-5-13)16-9-8-15(17)10-18-16/h4-12H,1-3H3. The molecule has 94 valence electrons. The molecule has 1 aromatic heterocycles.